The summed E-state index contributed by atoms with van der Waals surface area (Å²) in [6, 6.07) is -0.516. The summed E-state index contributed by atoms with van der Waals surface area (Å²) < 4.78 is 5.22. The summed E-state index contributed by atoms with van der Waals surface area (Å²) in [5, 5.41) is 2.49. The molecule has 3 N–H and O–H groups in total. The number of aromatic nitrogens is 1. The Bertz CT molecular complexity index is 306. The van der Waals surface area contributed by atoms with Gasteiger partial charge in [0, 0.05) is 19.9 Å². The van der Waals surface area contributed by atoms with Crippen LogP contribution in [-0.4, -0.2) is 17.6 Å². The smallest absolute Gasteiger partial charge is 0.312 e. The Labute approximate surface area is 76.3 Å². The maximum atomic E-state index is 10.3. The first-order chi connectivity index (χ1) is 6.09. The van der Waals surface area contributed by atoms with Crippen LogP contribution in [0.2, 0.25) is 0 Å². The molecule has 2 amide bonds. The number of aryl methyl sites for hydroxylation is 2. The highest BCUT2D eigenvalue weighted by Gasteiger charge is 2.05. The normalized spacial score (nSPS) is 10.0. The van der Waals surface area contributed by atoms with Crippen molar-refractivity contribution in [2.24, 2.45) is 5.73 Å². The van der Waals surface area contributed by atoms with Crippen molar-refractivity contribution in [2.45, 2.75) is 20.3 Å². The number of carbonyl (C=O) groups excluding carboxylic acids is 1. The summed E-state index contributed by atoms with van der Waals surface area (Å²) in [5.41, 5.74) is 5.77. The van der Waals surface area contributed by atoms with Crippen molar-refractivity contribution in [1.82, 2.24) is 10.3 Å². The van der Waals surface area contributed by atoms with Crippen LogP contribution in [0, 0.1) is 13.8 Å². The lowest BCUT2D eigenvalue weighted by Crippen LogP contribution is -2.31. The van der Waals surface area contributed by atoms with Crippen molar-refractivity contribution in [3.63, 3.8) is 0 Å². The Kier molecular flexibility index (Phi) is 2.89. The topological polar surface area (TPSA) is 81.1 Å². The number of amides is 2. The van der Waals surface area contributed by atoms with Crippen LogP contribution >= 0.6 is 0 Å². The lowest BCUT2D eigenvalue weighted by atomic mass is 10.3. The molecule has 1 rings (SSSR count). The molecule has 0 unspecified atom stereocenters. The van der Waals surface area contributed by atoms with Crippen LogP contribution in [-0.2, 0) is 6.42 Å². The third-order valence-electron chi connectivity index (χ3n) is 1.66. The second-order valence-corrected chi connectivity index (χ2v) is 2.78. The van der Waals surface area contributed by atoms with E-state index in [9.17, 15) is 4.79 Å². The molecule has 0 aliphatic heterocycles. The van der Waals surface area contributed by atoms with Gasteiger partial charge in [0.1, 0.15) is 5.76 Å². The van der Waals surface area contributed by atoms with E-state index in [1.807, 2.05) is 6.92 Å². The maximum Gasteiger partial charge on any atom is 0.312 e. The average Bonchev–Trinajstić information content (AvgIpc) is 2.29. The van der Waals surface area contributed by atoms with Gasteiger partial charge < -0.3 is 15.5 Å². The number of carbonyl (C=O) groups is 1. The zero-order chi connectivity index (χ0) is 9.84. The van der Waals surface area contributed by atoms with Crippen molar-refractivity contribution >= 4 is 6.03 Å². The molecule has 0 bridgehead atoms. The monoisotopic (exact) mass is 183 g/mol. The quantitative estimate of drug-likeness (QED) is 0.716. The third kappa shape index (κ3) is 2.77. The molecule has 0 aromatic carbocycles. The van der Waals surface area contributed by atoms with E-state index < -0.39 is 6.03 Å². The minimum atomic E-state index is -0.516. The second-order valence-electron chi connectivity index (χ2n) is 2.78. The number of urea groups is 1. The van der Waals surface area contributed by atoms with Gasteiger partial charge in [0.25, 0.3) is 0 Å². The van der Waals surface area contributed by atoms with Crippen molar-refractivity contribution in [3.8, 4) is 0 Å². The first-order valence-electron chi connectivity index (χ1n) is 4.06. The largest absolute Gasteiger partial charge is 0.446 e. The molecule has 1 aromatic rings. The van der Waals surface area contributed by atoms with E-state index >= 15 is 0 Å². The standard InChI is InChI=1S/C8H13N3O2/c1-5-7(11-6(2)13-5)3-4-10-8(9)12/h3-4H2,1-2H3,(H3,9,10,12). The van der Waals surface area contributed by atoms with Gasteiger partial charge in [-0.05, 0) is 6.92 Å². The molecule has 5 heteroatoms. The number of oxazole rings is 1. The summed E-state index contributed by atoms with van der Waals surface area (Å²) in [6.45, 7) is 4.12. The maximum absolute atomic E-state index is 10.3. The molecule has 0 spiro atoms. The molecule has 0 atom stereocenters. The zero-order valence-electron chi connectivity index (χ0n) is 7.76. The summed E-state index contributed by atoms with van der Waals surface area (Å²) in [5.74, 6) is 1.44. The van der Waals surface area contributed by atoms with E-state index in [2.05, 4.69) is 10.3 Å². The highest BCUT2D eigenvalue weighted by molar-refractivity contribution is 5.71. The Morgan fingerprint density at radius 1 is 1.62 bits per heavy atom. The van der Waals surface area contributed by atoms with Gasteiger partial charge in [-0.1, -0.05) is 0 Å². The fourth-order valence-corrected chi connectivity index (χ4v) is 1.11. The number of nitrogens with one attached hydrogen (secondary N) is 1. The number of hydrogen-bond donors (Lipinski definition) is 2. The lowest BCUT2D eigenvalue weighted by molar-refractivity contribution is 0.249. The predicted octanol–water partition coefficient (Wildman–Crippen LogP) is 0.502. The van der Waals surface area contributed by atoms with E-state index in [0.29, 0.717) is 18.9 Å². The fraction of sp³-hybridized carbons (Fsp3) is 0.500. The first-order valence-corrected chi connectivity index (χ1v) is 4.06. The SMILES string of the molecule is Cc1nc(CCNC(N)=O)c(C)o1. The van der Waals surface area contributed by atoms with Crippen LogP contribution in [0.15, 0.2) is 4.42 Å². The summed E-state index contributed by atoms with van der Waals surface area (Å²) in [6.07, 6.45) is 0.645. The number of primary amides is 1. The Morgan fingerprint density at radius 2 is 2.31 bits per heavy atom. The van der Waals surface area contributed by atoms with Crippen LogP contribution in [0.3, 0.4) is 0 Å². The molecule has 72 valence electrons. The van der Waals surface area contributed by atoms with Gasteiger partial charge in [0.05, 0.1) is 5.69 Å². The number of nitrogens with two attached hydrogens (primary N) is 1. The molecule has 5 nitrogen and oxygen atoms in total. The molecule has 0 aliphatic carbocycles. The van der Waals surface area contributed by atoms with Gasteiger partial charge in [-0.2, -0.15) is 0 Å². The predicted molar refractivity (Wildman–Crippen MR) is 47.3 cm³/mol. The molecular formula is C8H13N3O2. The van der Waals surface area contributed by atoms with Crippen molar-refractivity contribution in [2.75, 3.05) is 6.54 Å². The van der Waals surface area contributed by atoms with Gasteiger partial charge >= 0.3 is 6.03 Å². The van der Waals surface area contributed by atoms with Crippen molar-refractivity contribution in [1.29, 1.82) is 0 Å². The Morgan fingerprint density at radius 3 is 2.77 bits per heavy atom. The second kappa shape index (κ2) is 3.93. The first kappa shape index (κ1) is 9.57. The molecule has 0 saturated carbocycles. The third-order valence-corrected chi connectivity index (χ3v) is 1.66. The van der Waals surface area contributed by atoms with Crippen LogP contribution in [0.4, 0.5) is 4.79 Å². The molecular weight excluding hydrogens is 170 g/mol. The molecule has 0 saturated heterocycles. The Balaban J connectivity index is 2.45. The number of hydrogen-bond acceptors (Lipinski definition) is 3. The molecule has 0 fully saturated rings. The van der Waals surface area contributed by atoms with E-state index in [1.54, 1.807) is 6.92 Å². The van der Waals surface area contributed by atoms with Crippen LogP contribution in [0.25, 0.3) is 0 Å². The minimum absolute atomic E-state index is 0.488. The molecule has 1 heterocycles. The van der Waals surface area contributed by atoms with E-state index in [-0.39, 0.29) is 0 Å². The number of rotatable bonds is 3. The summed E-state index contributed by atoms with van der Waals surface area (Å²) in [7, 11) is 0. The van der Waals surface area contributed by atoms with Gasteiger partial charge in [-0.25, -0.2) is 9.78 Å². The summed E-state index contributed by atoms with van der Waals surface area (Å²) >= 11 is 0. The average molecular weight is 183 g/mol. The van der Waals surface area contributed by atoms with Crippen LogP contribution in [0.5, 0.6) is 0 Å². The van der Waals surface area contributed by atoms with Crippen LogP contribution in [0.1, 0.15) is 17.3 Å². The van der Waals surface area contributed by atoms with Gasteiger partial charge in [-0.3, -0.25) is 0 Å². The Hall–Kier alpha value is -1.52. The van der Waals surface area contributed by atoms with E-state index in [1.165, 1.54) is 0 Å². The minimum Gasteiger partial charge on any atom is -0.446 e. The zero-order valence-corrected chi connectivity index (χ0v) is 7.76. The van der Waals surface area contributed by atoms with E-state index in [4.69, 9.17) is 10.2 Å². The lowest BCUT2D eigenvalue weighted by Gasteiger charge is -1.98. The molecule has 0 radical (unpaired) electrons. The van der Waals surface area contributed by atoms with Gasteiger partial charge in [-0.15, -0.1) is 0 Å². The van der Waals surface area contributed by atoms with Crippen molar-refractivity contribution in [3.05, 3.63) is 17.3 Å². The van der Waals surface area contributed by atoms with Crippen LogP contribution < -0.4 is 11.1 Å². The fourth-order valence-electron chi connectivity index (χ4n) is 1.11. The highest BCUT2D eigenvalue weighted by Crippen LogP contribution is 2.08. The van der Waals surface area contributed by atoms with E-state index in [0.717, 1.165) is 11.5 Å². The molecule has 0 aliphatic rings. The number of nitrogens with zero attached hydrogens (tertiary/aromatic N) is 1. The van der Waals surface area contributed by atoms with Crippen molar-refractivity contribution < 1.29 is 9.21 Å². The summed E-state index contributed by atoms with van der Waals surface area (Å²) in [4.78, 5) is 14.5. The molecule has 13 heavy (non-hydrogen) atoms. The highest BCUT2D eigenvalue weighted by atomic mass is 16.4. The van der Waals surface area contributed by atoms with Gasteiger partial charge in [0.15, 0.2) is 5.89 Å². The molecule has 1 aromatic heterocycles. The van der Waals surface area contributed by atoms with Gasteiger partial charge in [0.2, 0.25) is 0 Å².